The lowest BCUT2D eigenvalue weighted by molar-refractivity contribution is 0.281. The van der Waals surface area contributed by atoms with Crippen LogP contribution in [0, 0.1) is 5.41 Å². The van der Waals surface area contributed by atoms with Gasteiger partial charge in [-0.15, -0.1) is 6.58 Å². The number of rotatable bonds is 4. The molecule has 0 rings (SSSR count). The molecule has 1 nitrogen and oxygen atoms in total. The molecule has 0 saturated heterocycles. The molecule has 0 fully saturated rings. The summed E-state index contributed by atoms with van der Waals surface area (Å²) in [6.45, 7) is 12.7. The van der Waals surface area contributed by atoms with Crippen LogP contribution in [-0.4, -0.2) is 25.0 Å². The molecule has 0 aromatic rings. The average Bonchev–Trinajstić information content (AvgIpc) is 1.83. The maximum atomic E-state index is 3.70. The number of hydrogen-bond acceptors (Lipinski definition) is 1. The van der Waals surface area contributed by atoms with Crippen LogP contribution >= 0.6 is 0 Å². The van der Waals surface area contributed by atoms with E-state index < -0.39 is 0 Å². The highest BCUT2D eigenvalue weighted by Gasteiger charge is 2.10. The van der Waals surface area contributed by atoms with Gasteiger partial charge in [-0.25, -0.2) is 0 Å². The number of nitrogens with zero attached hydrogens (tertiary/aromatic N) is 1. The third-order valence-corrected chi connectivity index (χ3v) is 1.68. The molecular weight excluding hydrogens is 134 g/mol. The summed E-state index contributed by atoms with van der Waals surface area (Å²) in [5.74, 6) is 0. The third-order valence-electron chi connectivity index (χ3n) is 1.68. The van der Waals surface area contributed by atoms with Crippen molar-refractivity contribution in [2.24, 2.45) is 5.41 Å². The second kappa shape index (κ2) is 4.55. The van der Waals surface area contributed by atoms with Crippen LogP contribution in [0.4, 0.5) is 0 Å². The van der Waals surface area contributed by atoms with Gasteiger partial charge in [-0.05, 0) is 25.4 Å². The van der Waals surface area contributed by atoms with E-state index in [1.165, 1.54) is 6.42 Å². The highest BCUT2D eigenvalue weighted by atomic mass is 15.1. The van der Waals surface area contributed by atoms with Crippen molar-refractivity contribution in [2.75, 3.05) is 20.1 Å². The number of likely N-dealkylation sites (N-methyl/N-ethyl adjacent to an activating group) is 1. The lowest BCUT2D eigenvalue weighted by Gasteiger charge is -2.22. The molecule has 0 aromatic carbocycles. The van der Waals surface area contributed by atoms with Crippen LogP contribution in [0.5, 0.6) is 0 Å². The Kier molecular flexibility index (Phi) is 4.43. The smallest absolute Gasteiger partial charge is 0.0157 e. The Morgan fingerprint density at radius 1 is 1.36 bits per heavy atom. The molecule has 0 aromatic heterocycles. The summed E-state index contributed by atoms with van der Waals surface area (Å²) in [7, 11) is 2.13. The number of hydrogen-bond donors (Lipinski definition) is 0. The minimum Gasteiger partial charge on any atom is -0.303 e. The molecule has 66 valence electrons. The first-order valence-electron chi connectivity index (χ1n) is 4.25. The summed E-state index contributed by atoms with van der Waals surface area (Å²) < 4.78 is 0. The third kappa shape index (κ3) is 7.60. The second-order valence-corrected chi connectivity index (χ2v) is 4.36. The Morgan fingerprint density at radius 3 is 2.27 bits per heavy atom. The van der Waals surface area contributed by atoms with Gasteiger partial charge in [0.1, 0.15) is 0 Å². The maximum absolute atomic E-state index is 3.70. The monoisotopic (exact) mass is 155 g/mol. The van der Waals surface area contributed by atoms with E-state index in [1.807, 2.05) is 6.08 Å². The fourth-order valence-electron chi connectivity index (χ4n) is 0.838. The topological polar surface area (TPSA) is 3.24 Å². The Morgan fingerprint density at radius 2 is 1.91 bits per heavy atom. The highest BCUT2D eigenvalue weighted by Crippen LogP contribution is 2.18. The van der Waals surface area contributed by atoms with E-state index >= 15 is 0 Å². The van der Waals surface area contributed by atoms with Crippen molar-refractivity contribution >= 4 is 0 Å². The van der Waals surface area contributed by atoms with Gasteiger partial charge in [0.25, 0.3) is 0 Å². The van der Waals surface area contributed by atoms with Crippen LogP contribution in [0.25, 0.3) is 0 Å². The van der Waals surface area contributed by atoms with E-state index in [2.05, 4.69) is 39.3 Å². The van der Waals surface area contributed by atoms with Crippen LogP contribution in [0.15, 0.2) is 12.7 Å². The van der Waals surface area contributed by atoms with Crippen molar-refractivity contribution in [3.8, 4) is 0 Å². The fraction of sp³-hybridized carbons (Fsp3) is 0.800. The lowest BCUT2D eigenvalue weighted by atomic mass is 9.92. The molecule has 0 amide bonds. The zero-order valence-corrected chi connectivity index (χ0v) is 8.35. The van der Waals surface area contributed by atoms with Crippen molar-refractivity contribution in [3.05, 3.63) is 12.7 Å². The molecule has 11 heavy (non-hydrogen) atoms. The summed E-state index contributed by atoms with van der Waals surface area (Å²) in [6, 6.07) is 0. The Bertz CT molecular complexity index is 111. The van der Waals surface area contributed by atoms with Gasteiger partial charge in [-0.2, -0.15) is 0 Å². The summed E-state index contributed by atoms with van der Waals surface area (Å²) in [4.78, 5) is 2.29. The van der Waals surface area contributed by atoms with Gasteiger partial charge < -0.3 is 4.90 Å². The van der Waals surface area contributed by atoms with E-state index in [0.29, 0.717) is 5.41 Å². The van der Waals surface area contributed by atoms with E-state index in [0.717, 1.165) is 13.1 Å². The molecular formula is C10H21N. The van der Waals surface area contributed by atoms with E-state index in [9.17, 15) is 0 Å². The highest BCUT2D eigenvalue weighted by molar-refractivity contribution is 4.72. The van der Waals surface area contributed by atoms with Crippen LogP contribution in [0.1, 0.15) is 27.2 Å². The van der Waals surface area contributed by atoms with E-state index in [-0.39, 0.29) is 0 Å². The van der Waals surface area contributed by atoms with Gasteiger partial charge in [-0.3, -0.25) is 0 Å². The van der Waals surface area contributed by atoms with E-state index in [4.69, 9.17) is 0 Å². The summed E-state index contributed by atoms with van der Waals surface area (Å²) in [6.07, 6.45) is 3.19. The van der Waals surface area contributed by atoms with Crippen molar-refractivity contribution in [1.82, 2.24) is 4.90 Å². The predicted molar refractivity (Wildman–Crippen MR) is 51.8 cm³/mol. The van der Waals surface area contributed by atoms with Crippen molar-refractivity contribution < 1.29 is 0 Å². The van der Waals surface area contributed by atoms with Gasteiger partial charge in [0.05, 0.1) is 0 Å². The van der Waals surface area contributed by atoms with Crippen molar-refractivity contribution in [2.45, 2.75) is 27.2 Å². The molecule has 0 spiro atoms. The van der Waals surface area contributed by atoms with Crippen molar-refractivity contribution in [3.63, 3.8) is 0 Å². The first-order valence-corrected chi connectivity index (χ1v) is 4.25. The van der Waals surface area contributed by atoms with Crippen LogP contribution in [-0.2, 0) is 0 Å². The Hall–Kier alpha value is -0.300. The lowest BCUT2D eigenvalue weighted by Crippen LogP contribution is -2.23. The SMILES string of the molecule is C=CCN(C)CCC(C)(C)C. The molecule has 0 unspecified atom stereocenters. The normalized spacial score (nSPS) is 12.1. The molecule has 0 bridgehead atoms. The minimum absolute atomic E-state index is 0.454. The summed E-state index contributed by atoms with van der Waals surface area (Å²) in [5, 5.41) is 0. The fourth-order valence-corrected chi connectivity index (χ4v) is 0.838. The first kappa shape index (κ1) is 10.7. The van der Waals surface area contributed by atoms with E-state index in [1.54, 1.807) is 0 Å². The largest absolute Gasteiger partial charge is 0.303 e. The molecule has 0 atom stereocenters. The van der Waals surface area contributed by atoms with Gasteiger partial charge >= 0.3 is 0 Å². The summed E-state index contributed by atoms with van der Waals surface area (Å²) in [5.41, 5.74) is 0.454. The molecule has 0 radical (unpaired) electrons. The summed E-state index contributed by atoms with van der Waals surface area (Å²) >= 11 is 0. The van der Waals surface area contributed by atoms with Gasteiger partial charge in [0, 0.05) is 6.54 Å². The standard InChI is InChI=1S/C10H21N/c1-6-8-11(5)9-7-10(2,3)4/h6H,1,7-9H2,2-5H3. The maximum Gasteiger partial charge on any atom is 0.0157 e. The molecule has 0 aliphatic rings. The van der Waals surface area contributed by atoms with Crippen LogP contribution in [0.2, 0.25) is 0 Å². The Balaban J connectivity index is 3.45. The van der Waals surface area contributed by atoms with Crippen LogP contribution in [0.3, 0.4) is 0 Å². The second-order valence-electron chi connectivity index (χ2n) is 4.36. The first-order chi connectivity index (χ1) is 4.95. The molecule has 0 aliphatic carbocycles. The average molecular weight is 155 g/mol. The molecule has 0 aliphatic heterocycles. The zero-order chi connectivity index (χ0) is 8.91. The van der Waals surface area contributed by atoms with Gasteiger partial charge in [0.2, 0.25) is 0 Å². The zero-order valence-electron chi connectivity index (χ0n) is 8.35. The van der Waals surface area contributed by atoms with Gasteiger partial charge in [0.15, 0.2) is 0 Å². The molecule has 0 heterocycles. The van der Waals surface area contributed by atoms with Gasteiger partial charge in [-0.1, -0.05) is 26.8 Å². The minimum atomic E-state index is 0.454. The molecule has 1 heteroatoms. The van der Waals surface area contributed by atoms with Crippen molar-refractivity contribution in [1.29, 1.82) is 0 Å². The Labute approximate surface area is 71.1 Å². The quantitative estimate of drug-likeness (QED) is 0.564. The predicted octanol–water partition coefficient (Wildman–Crippen LogP) is 2.54. The molecule has 0 saturated carbocycles. The molecule has 0 N–H and O–H groups in total. The van der Waals surface area contributed by atoms with Crippen LogP contribution < -0.4 is 0 Å².